The number of nitrogens with zero attached hydrogens (tertiary/aromatic N) is 4. The molecule has 0 aliphatic carbocycles. The molecule has 0 N–H and O–H groups in total. The smallest absolute Gasteiger partial charge is 0.235 e. The second kappa shape index (κ2) is 7.25. The Balaban J connectivity index is 1.59. The monoisotopic (exact) mass is 368 g/mol. The van der Waals surface area contributed by atoms with Crippen molar-refractivity contribution in [2.75, 3.05) is 6.61 Å². The quantitative estimate of drug-likeness (QED) is 0.468. The van der Waals surface area contributed by atoms with Crippen molar-refractivity contribution in [2.45, 2.75) is 17.6 Å². The first-order valence-electron chi connectivity index (χ1n) is 7.95. The van der Waals surface area contributed by atoms with Gasteiger partial charge >= 0.3 is 0 Å². The van der Waals surface area contributed by atoms with Crippen LogP contribution in [-0.2, 0) is 5.75 Å². The predicted molar refractivity (Wildman–Crippen MR) is 101 cm³/mol. The van der Waals surface area contributed by atoms with Crippen LogP contribution in [0.3, 0.4) is 0 Å². The summed E-state index contributed by atoms with van der Waals surface area (Å²) in [7, 11) is 0. The summed E-state index contributed by atoms with van der Waals surface area (Å²) in [4.78, 5) is 2.01. The number of aromatic nitrogens is 4. The van der Waals surface area contributed by atoms with Gasteiger partial charge < -0.3 is 4.74 Å². The number of rotatable bonds is 6. The largest absolute Gasteiger partial charge is 0.494 e. The van der Waals surface area contributed by atoms with Crippen LogP contribution in [0.2, 0.25) is 0 Å². The molecule has 4 aromatic rings. The molecule has 0 spiro atoms. The van der Waals surface area contributed by atoms with Crippen LogP contribution in [0.15, 0.2) is 59.5 Å². The van der Waals surface area contributed by atoms with Crippen LogP contribution in [0.4, 0.5) is 0 Å². The van der Waals surface area contributed by atoms with Crippen molar-refractivity contribution in [3.63, 3.8) is 0 Å². The van der Waals surface area contributed by atoms with E-state index in [9.17, 15) is 0 Å². The van der Waals surface area contributed by atoms with Crippen molar-refractivity contribution in [1.29, 1.82) is 0 Å². The van der Waals surface area contributed by atoms with E-state index in [1.807, 2.05) is 53.9 Å². The summed E-state index contributed by atoms with van der Waals surface area (Å²) >= 11 is 3.26. The van der Waals surface area contributed by atoms with E-state index >= 15 is 0 Å². The zero-order chi connectivity index (χ0) is 17.1. The van der Waals surface area contributed by atoms with E-state index in [2.05, 4.69) is 22.3 Å². The molecule has 2 aromatic carbocycles. The zero-order valence-corrected chi connectivity index (χ0v) is 15.3. The third-order valence-corrected chi connectivity index (χ3v) is 5.51. The van der Waals surface area contributed by atoms with Crippen LogP contribution in [0.1, 0.15) is 12.7 Å². The van der Waals surface area contributed by atoms with Gasteiger partial charge in [-0.15, -0.1) is 22.0 Å². The Morgan fingerprint density at radius 1 is 1.08 bits per heavy atom. The first-order valence-corrected chi connectivity index (χ1v) is 9.76. The van der Waals surface area contributed by atoms with Gasteiger partial charge in [-0.2, -0.15) is 9.61 Å². The summed E-state index contributed by atoms with van der Waals surface area (Å²) in [6.07, 6.45) is 0. The fraction of sp³-hybridized carbons (Fsp3) is 0.167. The van der Waals surface area contributed by atoms with Crippen LogP contribution in [-0.4, -0.2) is 26.4 Å². The second-order valence-electron chi connectivity index (χ2n) is 5.28. The molecule has 0 fully saturated rings. The van der Waals surface area contributed by atoms with Gasteiger partial charge in [0.15, 0.2) is 5.82 Å². The average Bonchev–Trinajstić information content (AvgIpc) is 3.22. The summed E-state index contributed by atoms with van der Waals surface area (Å²) in [5.74, 6) is 2.44. The lowest BCUT2D eigenvalue weighted by atomic mass is 10.2. The van der Waals surface area contributed by atoms with Crippen molar-refractivity contribution in [3.8, 4) is 16.3 Å². The molecule has 0 unspecified atom stereocenters. The highest BCUT2D eigenvalue weighted by Gasteiger charge is 2.13. The Kier molecular flexibility index (Phi) is 4.67. The maximum atomic E-state index is 5.57. The van der Waals surface area contributed by atoms with Gasteiger partial charge in [0.05, 0.1) is 12.4 Å². The molecule has 0 bridgehead atoms. The van der Waals surface area contributed by atoms with Gasteiger partial charge in [-0.1, -0.05) is 41.7 Å². The molecule has 0 aliphatic heterocycles. The second-order valence-corrected chi connectivity index (χ2v) is 7.29. The molecule has 7 heteroatoms. The topological polar surface area (TPSA) is 52.3 Å². The number of fused-ring (bicyclic) bond motifs is 1. The molecule has 126 valence electrons. The molecule has 5 nitrogen and oxygen atoms in total. The number of hydrogen-bond acceptors (Lipinski definition) is 6. The van der Waals surface area contributed by atoms with Crippen LogP contribution >= 0.6 is 23.1 Å². The number of hydrogen-bond donors (Lipinski definition) is 0. The van der Waals surface area contributed by atoms with Crippen molar-refractivity contribution in [3.05, 3.63) is 60.4 Å². The van der Waals surface area contributed by atoms with Gasteiger partial charge in [-0.3, -0.25) is 0 Å². The van der Waals surface area contributed by atoms with E-state index in [0.717, 1.165) is 32.9 Å². The number of ether oxygens (including phenoxy) is 1. The van der Waals surface area contributed by atoms with Crippen molar-refractivity contribution in [1.82, 2.24) is 19.8 Å². The van der Waals surface area contributed by atoms with E-state index in [-0.39, 0.29) is 0 Å². The highest BCUT2D eigenvalue weighted by molar-refractivity contribution is 7.98. The molecule has 0 atom stereocenters. The Bertz CT molecular complexity index is 981. The molecule has 4 rings (SSSR count). The molecule has 0 saturated carbocycles. The molecule has 2 aromatic heterocycles. The minimum Gasteiger partial charge on any atom is -0.494 e. The van der Waals surface area contributed by atoms with Crippen molar-refractivity contribution in [2.24, 2.45) is 0 Å². The van der Waals surface area contributed by atoms with Crippen LogP contribution < -0.4 is 4.74 Å². The Morgan fingerprint density at radius 3 is 2.80 bits per heavy atom. The zero-order valence-electron chi connectivity index (χ0n) is 13.6. The molecule has 2 heterocycles. The fourth-order valence-corrected chi connectivity index (χ4v) is 4.09. The van der Waals surface area contributed by atoms with Gasteiger partial charge in [0.2, 0.25) is 4.96 Å². The average molecular weight is 368 g/mol. The van der Waals surface area contributed by atoms with E-state index < -0.39 is 0 Å². The third-order valence-electron chi connectivity index (χ3n) is 3.56. The Labute approximate surface area is 153 Å². The first-order chi connectivity index (χ1) is 12.3. The van der Waals surface area contributed by atoms with Crippen LogP contribution in [0.5, 0.6) is 5.75 Å². The third kappa shape index (κ3) is 3.52. The van der Waals surface area contributed by atoms with Gasteiger partial charge in [0.1, 0.15) is 10.8 Å². The minimum atomic E-state index is 0.648. The lowest BCUT2D eigenvalue weighted by Gasteiger charge is -2.03. The SMILES string of the molecule is CCOc1cccc(-c2nn3c(CSc4ccccc4)nnc3s2)c1. The van der Waals surface area contributed by atoms with E-state index in [4.69, 9.17) is 9.84 Å². The molecule has 0 amide bonds. The highest BCUT2D eigenvalue weighted by Crippen LogP contribution is 2.29. The van der Waals surface area contributed by atoms with Gasteiger partial charge in [0, 0.05) is 10.5 Å². The van der Waals surface area contributed by atoms with Crippen LogP contribution in [0.25, 0.3) is 15.5 Å². The molecule has 0 aliphatic rings. The fourth-order valence-electron chi connectivity index (χ4n) is 2.41. The van der Waals surface area contributed by atoms with E-state index in [1.165, 1.54) is 16.2 Å². The lowest BCUT2D eigenvalue weighted by molar-refractivity contribution is 0.340. The number of benzene rings is 2. The van der Waals surface area contributed by atoms with Gasteiger partial charge in [-0.25, -0.2) is 0 Å². The van der Waals surface area contributed by atoms with Gasteiger partial charge in [-0.05, 0) is 31.2 Å². The molecular formula is C18H16N4OS2. The summed E-state index contributed by atoms with van der Waals surface area (Å²) in [6, 6.07) is 18.2. The van der Waals surface area contributed by atoms with E-state index in [0.29, 0.717) is 6.61 Å². The van der Waals surface area contributed by atoms with Gasteiger partial charge in [0.25, 0.3) is 0 Å². The molecular weight excluding hydrogens is 352 g/mol. The molecule has 0 saturated heterocycles. The molecule has 25 heavy (non-hydrogen) atoms. The van der Waals surface area contributed by atoms with Crippen molar-refractivity contribution >= 4 is 28.1 Å². The summed E-state index contributed by atoms with van der Waals surface area (Å²) in [6.45, 7) is 2.63. The Morgan fingerprint density at radius 2 is 1.96 bits per heavy atom. The standard InChI is InChI=1S/C18H16N4OS2/c1-2-23-14-8-6-7-13(11-14)17-21-22-16(19-20-18(22)25-17)12-24-15-9-4-3-5-10-15/h3-11H,2,12H2,1H3. The number of thioether (sulfide) groups is 1. The summed E-state index contributed by atoms with van der Waals surface area (Å²) in [5.41, 5.74) is 1.03. The molecule has 0 radical (unpaired) electrons. The highest BCUT2D eigenvalue weighted by atomic mass is 32.2. The maximum absolute atomic E-state index is 5.57. The maximum Gasteiger partial charge on any atom is 0.235 e. The normalized spacial score (nSPS) is 11.1. The van der Waals surface area contributed by atoms with E-state index in [1.54, 1.807) is 11.8 Å². The lowest BCUT2D eigenvalue weighted by Crippen LogP contribution is -1.94. The summed E-state index contributed by atoms with van der Waals surface area (Å²) < 4.78 is 7.41. The van der Waals surface area contributed by atoms with Crippen molar-refractivity contribution < 1.29 is 4.74 Å². The van der Waals surface area contributed by atoms with Crippen LogP contribution in [0, 0.1) is 0 Å². The predicted octanol–water partition coefficient (Wildman–Crippen LogP) is 4.54. The Hall–Kier alpha value is -2.38. The minimum absolute atomic E-state index is 0.648. The summed E-state index contributed by atoms with van der Waals surface area (Å²) in [5, 5.41) is 14.1. The first kappa shape index (κ1) is 16.1.